The molecule has 0 aliphatic heterocycles. The van der Waals surface area contributed by atoms with Crippen LogP contribution in [0.2, 0.25) is 0 Å². The van der Waals surface area contributed by atoms with Crippen LogP contribution in [0.3, 0.4) is 0 Å². The second-order valence-corrected chi connectivity index (χ2v) is 14.8. The van der Waals surface area contributed by atoms with E-state index in [0.29, 0.717) is 31.0 Å². The molecule has 0 spiro atoms. The van der Waals surface area contributed by atoms with Gasteiger partial charge in [-0.3, -0.25) is 19.3 Å². The Morgan fingerprint density at radius 1 is 1.02 bits per heavy atom. The highest BCUT2D eigenvalue weighted by Crippen LogP contribution is 2.39. The van der Waals surface area contributed by atoms with Crippen LogP contribution in [-0.2, 0) is 10.2 Å². The summed E-state index contributed by atoms with van der Waals surface area (Å²) in [6.07, 6.45) is 5.15. The molecule has 52 heavy (non-hydrogen) atoms. The second-order valence-electron chi connectivity index (χ2n) is 14.8. The van der Waals surface area contributed by atoms with E-state index in [0.717, 1.165) is 41.2 Å². The van der Waals surface area contributed by atoms with E-state index in [4.69, 9.17) is 14.6 Å². The van der Waals surface area contributed by atoms with Gasteiger partial charge in [0.2, 0.25) is 5.82 Å². The summed E-state index contributed by atoms with van der Waals surface area (Å²) in [6.45, 7) is 14.6. The Kier molecular flexibility index (Phi) is 12.9. The molecule has 4 N–H and O–H groups in total. The quantitative estimate of drug-likeness (QED) is 0.130. The first-order chi connectivity index (χ1) is 24.6. The van der Waals surface area contributed by atoms with Crippen molar-refractivity contribution in [3.8, 4) is 5.75 Å². The summed E-state index contributed by atoms with van der Waals surface area (Å²) >= 11 is 0. The molecule has 3 amide bonds. The van der Waals surface area contributed by atoms with Gasteiger partial charge in [-0.05, 0) is 76.9 Å². The molecule has 5 rings (SSSR count). The number of benzene rings is 1. The molecule has 14 nitrogen and oxygen atoms in total. The van der Waals surface area contributed by atoms with Gasteiger partial charge >= 0.3 is 6.03 Å². The number of hydrogen-bond acceptors (Lipinski definition) is 9. The van der Waals surface area contributed by atoms with Gasteiger partial charge in [0.1, 0.15) is 23.5 Å². The lowest BCUT2D eigenvalue weighted by molar-refractivity contribution is -0.122. The molecule has 0 saturated carbocycles. The van der Waals surface area contributed by atoms with Crippen molar-refractivity contribution in [2.75, 3.05) is 26.0 Å². The number of urea groups is 1. The first-order valence-corrected chi connectivity index (χ1v) is 17.7. The number of nitrogens with one attached hydrogen (secondary N) is 3. The van der Waals surface area contributed by atoms with Crippen molar-refractivity contribution in [2.45, 2.75) is 103 Å². The lowest BCUT2D eigenvalue weighted by atomic mass is 9.85. The predicted molar refractivity (Wildman–Crippen MR) is 200 cm³/mol. The summed E-state index contributed by atoms with van der Waals surface area (Å²) in [5.41, 5.74) is 2.83. The van der Waals surface area contributed by atoms with E-state index < -0.39 is 11.9 Å². The number of nitrogens with zero attached hydrogens (tertiary/aromatic N) is 6. The molecule has 14 heteroatoms. The Bertz CT molecular complexity index is 1850. The molecule has 1 aliphatic rings. The van der Waals surface area contributed by atoms with Crippen molar-refractivity contribution in [1.29, 1.82) is 0 Å². The highest BCUT2D eigenvalue weighted by Gasteiger charge is 2.30. The maximum absolute atomic E-state index is 13.4. The predicted octanol–water partition coefficient (Wildman–Crippen LogP) is 6.27. The number of fused-ring (bicyclic) bond motifs is 2. The number of rotatable bonds is 11. The van der Waals surface area contributed by atoms with Gasteiger partial charge in [-0.2, -0.15) is 0 Å². The minimum absolute atomic E-state index is 0.0111. The van der Waals surface area contributed by atoms with Gasteiger partial charge in [-0.25, -0.2) is 14.8 Å². The fraction of sp³-hybridized carbons (Fsp3) is 0.500. The smallest absolute Gasteiger partial charge is 0.320 e. The van der Waals surface area contributed by atoms with Crippen molar-refractivity contribution >= 4 is 29.9 Å². The number of amides is 3. The zero-order valence-corrected chi connectivity index (χ0v) is 31.7. The lowest BCUT2D eigenvalue weighted by Crippen LogP contribution is -2.48. The average molecular weight is 716 g/mol. The number of pyridine rings is 1. The zero-order chi connectivity index (χ0) is 38.2. The Morgan fingerprint density at radius 3 is 2.33 bits per heavy atom. The molecule has 4 aromatic rings. The minimum Gasteiger partial charge on any atom is -0.484 e. The number of anilines is 1. The number of likely N-dealkylation sites (N-methyl/N-ethyl adjacent to an activating group) is 1. The summed E-state index contributed by atoms with van der Waals surface area (Å²) in [5.74, 6) is 1.89. The molecule has 1 aromatic carbocycles. The molecule has 0 bridgehead atoms. The van der Waals surface area contributed by atoms with Crippen LogP contribution in [-0.4, -0.2) is 79.2 Å². The molecular weight excluding hydrogens is 662 g/mol. The Morgan fingerprint density at radius 2 is 1.69 bits per heavy atom. The molecule has 2 atom stereocenters. The fourth-order valence-corrected chi connectivity index (χ4v) is 5.92. The van der Waals surface area contributed by atoms with Crippen LogP contribution < -0.4 is 20.7 Å². The first kappa shape index (κ1) is 39.7. The SMILES string of the molecule is CCC(CC)c1nnc2ccc(O[C@@H]3CC[C@H](NC(=O)Nc4cc(C(C)(C)C)nc(C(=O)NCC(C)(C)N(C)C)n4)c4ccccc43)cn12.O=CO. The molecule has 3 heterocycles. The van der Waals surface area contributed by atoms with Crippen molar-refractivity contribution in [3.63, 3.8) is 0 Å². The highest BCUT2D eigenvalue weighted by atomic mass is 16.5. The monoisotopic (exact) mass is 715 g/mol. The van der Waals surface area contributed by atoms with E-state index in [-0.39, 0.29) is 41.2 Å². The Hall–Kier alpha value is -5.11. The third kappa shape index (κ3) is 9.60. The lowest BCUT2D eigenvalue weighted by Gasteiger charge is -2.32. The van der Waals surface area contributed by atoms with E-state index in [2.05, 4.69) is 56.0 Å². The topological polar surface area (TPSA) is 176 Å². The third-order valence-electron chi connectivity index (χ3n) is 9.60. The number of carbonyl (C=O) groups excluding carboxylic acids is 2. The van der Waals surface area contributed by atoms with Gasteiger partial charge in [0.25, 0.3) is 12.4 Å². The van der Waals surface area contributed by atoms with Gasteiger partial charge in [-0.15, -0.1) is 10.2 Å². The van der Waals surface area contributed by atoms with Gasteiger partial charge in [0.05, 0.1) is 17.9 Å². The molecular formula is C38H53N9O5. The Balaban J connectivity index is 0.00000195. The summed E-state index contributed by atoms with van der Waals surface area (Å²) < 4.78 is 8.62. The number of hydrogen-bond donors (Lipinski definition) is 4. The van der Waals surface area contributed by atoms with E-state index in [1.165, 1.54) is 0 Å². The molecule has 280 valence electrons. The van der Waals surface area contributed by atoms with Gasteiger partial charge < -0.3 is 25.4 Å². The molecule has 3 aromatic heterocycles. The van der Waals surface area contributed by atoms with E-state index >= 15 is 0 Å². The summed E-state index contributed by atoms with van der Waals surface area (Å²) in [5, 5.41) is 24.7. The van der Waals surface area contributed by atoms with E-state index in [1.807, 2.05) is 94.5 Å². The fourth-order valence-electron chi connectivity index (χ4n) is 5.92. The van der Waals surface area contributed by atoms with E-state index in [1.54, 1.807) is 6.07 Å². The number of aromatic nitrogens is 5. The van der Waals surface area contributed by atoms with Crippen LogP contribution >= 0.6 is 0 Å². The largest absolute Gasteiger partial charge is 0.484 e. The van der Waals surface area contributed by atoms with Crippen molar-refractivity contribution < 1.29 is 24.2 Å². The zero-order valence-electron chi connectivity index (χ0n) is 31.7. The van der Waals surface area contributed by atoms with Crippen LogP contribution in [0.15, 0.2) is 48.7 Å². The number of carbonyl (C=O) groups is 3. The number of carboxylic acid groups (broad SMARTS) is 1. The van der Waals surface area contributed by atoms with Gasteiger partial charge in [0, 0.05) is 29.5 Å². The maximum atomic E-state index is 13.4. The summed E-state index contributed by atoms with van der Waals surface area (Å²) in [6, 6.07) is 13.0. The maximum Gasteiger partial charge on any atom is 0.320 e. The standard InChI is InChI=1S/C37H51N9O3.CH2O2/c1-10-23(11-2)33-44-43-31-19-16-24(21-46(31)33)49-28-18-17-27(25-14-12-13-15-26(25)28)39-35(48)42-30-20-29(36(3,4)5)40-32(41-30)34(47)38-22-37(6,7)45(8)9;2-1-3/h12-16,19-21,23,27-28H,10-11,17-18,22H2,1-9H3,(H,38,47)(H2,39,40,41,42,48);1H,(H,2,3)/t27-,28+;/m0./s1. The van der Waals surface area contributed by atoms with Crippen LogP contribution in [0, 0.1) is 0 Å². The molecule has 0 radical (unpaired) electrons. The highest BCUT2D eigenvalue weighted by molar-refractivity contribution is 5.92. The average Bonchev–Trinajstić information content (AvgIpc) is 3.51. The van der Waals surface area contributed by atoms with Crippen LogP contribution in [0.5, 0.6) is 5.75 Å². The summed E-state index contributed by atoms with van der Waals surface area (Å²) in [4.78, 5) is 46.0. The van der Waals surface area contributed by atoms with Gasteiger partial charge in [-0.1, -0.05) is 58.9 Å². The number of ether oxygens (including phenoxy) is 1. The molecule has 0 fully saturated rings. The Labute approximate surface area is 305 Å². The van der Waals surface area contributed by atoms with Crippen LogP contribution in [0.1, 0.15) is 125 Å². The van der Waals surface area contributed by atoms with Crippen molar-refractivity contribution in [1.82, 2.24) is 40.1 Å². The van der Waals surface area contributed by atoms with Gasteiger partial charge in [0.15, 0.2) is 5.65 Å². The summed E-state index contributed by atoms with van der Waals surface area (Å²) in [7, 11) is 3.93. The van der Waals surface area contributed by atoms with Crippen LogP contribution in [0.25, 0.3) is 5.65 Å². The third-order valence-corrected chi connectivity index (χ3v) is 9.60. The second kappa shape index (κ2) is 16.9. The van der Waals surface area contributed by atoms with Crippen molar-refractivity contribution in [2.24, 2.45) is 0 Å². The van der Waals surface area contributed by atoms with Crippen LogP contribution in [0.4, 0.5) is 10.6 Å². The molecule has 1 aliphatic carbocycles. The molecule has 0 saturated heterocycles. The van der Waals surface area contributed by atoms with Crippen molar-refractivity contribution in [3.05, 3.63) is 77.1 Å². The normalized spacial score (nSPS) is 15.8. The molecule has 0 unspecified atom stereocenters. The first-order valence-electron chi connectivity index (χ1n) is 17.7. The minimum atomic E-state index is -0.412. The van der Waals surface area contributed by atoms with E-state index in [9.17, 15) is 9.59 Å².